The first-order valence-electron chi connectivity index (χ1n) is 3.68. The summed E-state index contributed by atoms with van der Waals surface area (Å²) in [6.45, 7) is 4.51. The van der Waals surface area contributed by atoms with Gasteiger partial charge in [0.15, 0.2) is 0 Å². The van der Waals surface area contributed by atoms with Crippen LogP contribution in [0.25, 0.3) is 6.08 Å². The molecule has 1 aromatic heterocycles. The van der Waals surface area contributed by atoms with Gasteiger partial charge in [-0.2, -0.15) is 0 Å². The number of hydrogen-bond acceptors (Lipinski definition) is 1. The van der Waals surface area contributed by atoms with E-state index in [-0.39, 0.29) is 8.80 Å². The van der Waals surface area contributed by atoms with Crippen molar-refractivity contribution in [3.05, 3.63) is 35.8 Å². The normalized spacial score (nSPS) is 11.2. The van der Waals surface area contributed by atoms with Crippen LogP contribution in [-0.2, 0) is 0 Å². The van der Waals surface area contributed by atoms with Crippen molar-refractivity contribution in [3.8, 4) is 0 Å². The number of nitrogens with zero attached hydrogens (tertiary/aromatic N) is 1. The van der Waals surface area contributed by atoms with E-state index < -0.39 is 0 Å². The molecule has 0 aliphatic carbocycles. The molecule has 1 rings (SSSR count). The summed E-state index contributed by atoms with van der Waals surface area (Å²) in [6.07, 6.45) is 3.91. The van der Waals surface area contributed by atoms with Crippen molar-refractivity contribution in [1.82, 2.24) is 4.98 Å². The van der Waals surface area contributed by atoms with E-state index in [2.05, 4.69) is 29.9 Å². The van der Waals surface area contributed by atoms with Gasteiger partial charge < -0.3 is 0 Å². The van der Waals surface area contributed by atoms with Crippen LogP contribution in [-0.4, -0.2) is 13.8 Å². The second-order valence-electron chi connectivity index (χ2n) is 2.67. The van der Waals surface area contributed by atoms with Crippen LogP contribution in [0.2, 0.25) is 13.1 Å². The number of rotatable bonds is 2. The smallest absolute Gasteiger partial charge is 0.0694 e. The molecule has 0 N–H and O–H groups in total. The van der Waals surface area contributed by atoms with Crippen LogP contribution in [0.3, 0.4) is 0 Å². The van der Waals surface area contributed by atoms with E-state index in [0.29, 0.717) is 0 Å². The molecule has 0 saturated carbocycles. The molecule has 0 saturated heterocycles. The zero-order valence-corrected chi connectivity index (χ0v) is 7.91. The van der Waals surface area contributed by atoms with E-state index in [0.717, 1.165) is 5.69 Å². The molecule has 2 heteroatoms. The van der Waals surface area contributed by atoms with Crippen molar-refractivity contribution in [2.75, 3.05) is 0 Å². The zero-order valence-electron chi connectivity index (χ0n) is 6.91. The van der Waals surface area contributed by atoms with Crippen molar-refractivity contribution in [1.29, 1.82) is 0 Å². The molecule has 1 radical (unpaired) electrons. The van der Waals surface area contributed by atoms with Crippen molar-refractivity contribution >= 4 is 14.9 Å². The molecule has 57 valence electrons. The first-order valence-corrected chi connectivity index (χ1v) is 6.26. The molecular weight excluding hydrogens is 150 g/mol. The fourth-order valence-corrected chi connectivity index (χ4v) is 1.23. The first kappa shape index (κ1) is 8.21. The van der Waals surface area contributed by atoms with E-state index >= 15 is 0 Å². The minimum Gasteiger partial charge on any atom is -0.257 e. The molecule has 1 nitrogen and oxygen atoms in total. The lowest BCUT2D eigenvalue weighted by molar-refractivity contribution is 1.30. The molecule has 0 spiro atoms. The predicted octanol–water partition coefficient (Wildman–Crippen LogP) is 2.39. The van der Waals surface area contributed by atoms with Gasteiger partial charge >= 0.3 is 0 Å². The standard InChI is InChI=1S/C9H12NSi/c1-11(2)8-6-9-5-3-4-7-10-9/h3-8H,1-2H3. The van der Waals surface area contributed by atoms with Gasteiger partial charge in [0.05, 0.1) is 14.5 Å². The number of pyridine rings is 1. The van der Waals surface area contributed by atoms with E-state index in [1.165, 1.54) is 0 Å². The molecule has 0 unspecified atom stereocenters. The maximum Gasteiger partial charge on any atom is 0.0694 e. The summed E-state index contributed by atoms with van der Waals surface area (Å²) in [4.78, 5) is 4.18. The lowest BCUT2D eigenvalue weighted by Crippen LogP contribution is -1.92. The number of hydrogen-bond donors (Lipinski definition) is 0. The third-order valence-electron chi connectivity index (χ3n) is 1.28. The molecule has 1 aromatic rings. The summed E-state index contributed by atoms with van der Waals surface area (Å²) in [6, 6.07) is 5.95. The van der Waals surface area contributed by atoms with Gasteiger partial charge in [0.1, 0.15) is 0 Å². The molecule has 0 atom stereocenters. The topological polar surface area (TPSA) is 12.9 Å². The molecule has 1 heterocycles. The van der Waals surface area contributed by atoms with Gasteiger partial charge in [-0.15, -0.1) is 0 Å². The van der Waals surface area contributed by atoms with Crippen LogP contribution in [0, 0.1) is 0 Å². The average Bonchev–Trinajstić information content (AvgIpc) is 2.03. The average molecular weight is 162 g/mol. The van der Waals surface area contributed by atoms with Crippen LogP contribution >= 0.6 is 0 Å². The van der Waals surface area contributed by atoms with Crippen molar-refractivity contribution < 1.29 is 0 Å². The van der Waals surface area contributed by atoms with Crippen LogP contribution in [0.5, 0.6) is 0 Å². The third-order valence-corrected chi connectivity index (χ3v) is 2.11. The van der Waals surface area contributed by atoms with Gasteiger partial charge in [-0.05, 0) is 18.2 Å². The molecule has 11 heavy (non-hydrogen) atoms. The Labute approximate surface area is 69.4 Å². The fourth-order valence-electron chi connectivity index (χ4n) is 0.727. The minimum atomic E-state index is -0.253. The zero-order chi connectivity index (χ0) is 8.10. The molecule has 0 aliphatic heterocycles. The number of aromatic nitrogens is 1. The Kier molecular flexibility index (Phi) is 3.05. The van der Waals surface area contributed by atoms with Gasteiger partial charge in [0, 0.05) is 6.20 Å². The summed E-state index contributed by atoms with van der Waals surface area (Å²) in [7, 11) is -0.253. The minimum absolute atomic E-state index is 0.253. The fraction of sp³-hybridized carbons (Fsp3) is 0.222. The van der Waals surface area contributed by atoms with Crippen molar-refractivity contribution in [2.45, 2.75) is 13.1 Å². The predicted molar refractivity (Wildman–Crippen MR) is 50.8 cm³/mol. The lowest BCUT2D eigenvalue weighted by Gasteiger charge is -1.91. The van der Waals surface area contributed by atoms with E-state index in [1.807, 2.05) is 24.4 Å². The Hall–Kier alpha value is -0.893. The molecule has 0 aliphatic rings. The summed E-state index contributed by atoms with van der Waals surface area (Å²) in [5.41, 5.74) is 3.30. The lowest BCUT2D eigenvalue weighted by atomic mass is 10.3. The molecule has 0 bridgehead atoms. The van der Waals surface area contributed by atoms with Crippen LogP contribution in [0.4, 0.5) is 0 Å². The van der Waals surface area contributed by atoms with Crippen LogP contribution in [0.1, 0.15) is 5.69 Å². The van der Waals surface area contributed by atoms with Gasteiger partial charge in [-0.25, -0.2) is 0 Å². The quantitative estimate of drug-likeness (QED) is 0.608. The second kappa shape index (κ2) is 4.08. The van der Waals surface area contributed by atoms with E-state index in [9.17, 15) is 0 Å². The Bertz CT molecular complexity index is 229. The van der Waals surface area contributed by atoms with E-state index in [4.69, 9.17) is 0 Å². The highest BCUT2D eigenvalue weighted by molar-refractivity contribution is 6.62. The maximum atomic E-state index is 4.18. The molecule has 0 aromatic carbocycles. The summed E-state index contributed by atoms with van der Waals surface area (Å²) in [5.74, 6) is 0. The maximum absolute atomic E-state index is 4.18. The van der Waals surface area contributed by atoms with Gasteiger partial charge in [-0.3, -0.25) is 4.98 Å². The van der Waals surface area contributed by atoms with Gasteiger partial charge in [-0.1, -0.05) is 24.9 Å². The highest BCUT2D eigenvalue weighted by atomic mass is 28.3. The highest BCUT2D eigenvalue weighted by Gasteiger charge is 1.87. The van der Waals surface area contributed by atoms with Crippen molar-refractivity contribution in [2.24, 2.45) is 0 Å². The summed E-state index contributed by atoms with van der Waals surface area (Å²) >= 11 is 0. The van der Waals surface area contributed by atoms with Gasteiger partial charge in [0.2, 0.25) is 0 Å². The third kappa shape index (κ3) is 3.14. The molecule has 0 fully saturated rings. The summed E-state index contributed by atoms with van der Waals surface area (Å²) in [5, 5.41) is 0. The second-order valence-corrected chi connectivity index (χ2v) is 5.15. The monoisotopic (exact) mass is 162 g/mol. The Morgan fingerprint density at radius 1 is 1.36 bits per heavy atom. The first-order chi connectivity index (χ1) is 5.29. The van der Waals surface area contributed by atoms with Gasteiger partial charge in [0.25, 0.3) is 0 Å². The van der Waals surface area contributed by atoms with E-state index in [1.54, 1.807) is 0 Å². The Morgan fingerprint density at radius 2 is 2.18 bits per heavy atom. The highest BCUT2D eigenvalue weighted by Crippen LogP contribution is 1.96. The van der Waals surface area contributed by atoms with Crippen LogP contribution in [0.15, 0.2) is 30.1 Å². The van der Waals surface area contributed by atoms with Crippen molar-refractivity contribution in [3.63, 3.8) is 0 Å². The SMILES string of the molecule is C[Si](C)C=Cc1ccccn1. The van der Waals surface area contributed by atoms with Crippen LogP contribution < -0.4 is 0 Å². The molecule has 0 amide bonds. The summed E-state index contributed by atoms with van der Waals surface area (Å²) < 4.78 is 0. The largest absolute Gasteiger partial charge is 0.257 e. The Morgan fingerprint density at radius 3 is 2.73 bits per heavy atom. The Balaban J connectivity index is 2.65. The molecular formula is C9H12NSi.